The zero-order valence-corrected chi connectivity index (χ0v) is 11.9. The number of aliphatic hydroxyl groups excluding tert-OH is 1. The van der Waals surface area contributed by atoms with Crippen LogP contribution >= 0.6 is 0 Å². The first-order valence-corrected chi connectivity index (χ1v) is 7.19. The lowest BCUT2D eigenvalue weighted by Gasteiger charge is -2.28. The van der Waals surface area contributed by atoms with Crippen molar-refractivity contribution in [2.75, 3.05) is 6.61 Å². The molecule has 5 heteroatoms. The third kappa shape index (κ3) is 2.78. The molecule has 0 saturated heterocycles. The molecular weight excluding hydrogens is 271 g/mol. The number of amides is 1. The van der Waals surface area contributed by atoms with Crippen molar-refractivity contribution in [2.24, 2.45) is 5.92 Å². The number of aliphatic hydroxyl groups is 1. The van der Waals surface area contributed by atoms with E-state index in [-0.39, 0.29) is 24.8 Å². The van der Waals surface area contributed by atoms with Gasteiger partial charge in [0.15, 0.2) is 0 Å². The van der Waals surface area contributed by atoms with Gasteiger partial charge in [-0.15, -0.1) is 0 Å². The molecule has 1 amide bonds. The predicted molar refractivity (Wildman–Crippen MR) is 78.3 cm³/mol. The molecule has 21 heavy (non-hydrogen) atoms. The van der Waals surface area contributed by atoms with Crippen LogP contribution in [0, 0.1) is 11.7 Å². The summed E-state index contributed by atoms with van der Waals surface area (Å²) in [7, 11) is 0. The summed E-state index contributed by atoms with van der Waals surface area (Å²) in [5.41, 5.74) is 1.03. The quantitative estimate of drug-likeness (QED) is 0.790. The Hall–Kier alpha value is -1.88. The average Bonchev–Trinajstić information content (AvgIpc) is 3.24. The van der Waals surface area contributed by atoms with Crippen LogP contribution in [-0.2, 0) is 11.2 Å². The Morgan fingerprint density at radius 2 is 2.29 bits per heavy atom. The number of aromatic amines is 1. The summed E-state index contributed by atoms with van der Waals surface area (Å²) < 4.78 is 13.3. The minimum absolute atomic E-state index is 0.0636. The number of benzene rings is 1. The van der Waals surface area contributed by atoms with E-state index in [4.69, 9.17) is 0 Å². The van der Waals surface area contributed by atoms with Gasteiger partial charge in [0.2, 0.25) is 5.91 Å². The zero-order valence-electron chi connectivity index (χ0n) is 11.9. The van der Waals surface area contributed by atoms with Crippen LogP contribution in [0.15, 0.2) is 24.4 Å². The van der Waals surface area contributed by atoms with Crippen LogP contribution in [0.3, 0.4) is 0 Å². The maximum atomic E-state index is 13.3. The number of fused-ring (bicyclic) bond motifs is 1. The SMILES string of the molecule is CC(CO)(NC(=O)Cc1c[nH]c2ccc(F)cc12)C1CC1. The molecule has 3 rings (SSSR count). The van der Waals surface area contributed by atoms with Gasteiger partial charge >= 0.3 is 0 Å². The van der Waals surface area contributed by atoms with Gasteiger partial charge in [-0.3, -0.25) is 4.79 Å². The summed E-state index contributed by atoms with van der Waals surface area (Å²) in [6.07, 6.45) is 3.98. The Kier molecular flexibility index (Phi) is 3.45. The molecule has 1 fully saturated rings. The molecule has 0 radical (unpaired) electrons. The highest BCUT2D eigenvalue weighted by Crippen LogP contribution is 2.39. The van der Waals surface area contributed by atoms with Crippen LogP contribution in [0.2, 0.25) is 0 Å². The summed E-state index contributed by atoms with van der Waals surface area (Å²) >= 11 is 0. The predicted octanol–water partition coefficient (Wildman–Crippen LogP) is 2.13. The fraction of sp³-hybridized carbons (Fsp3) is 0.438. The van der Waals surface area contributed by atoms with Gasteiger partial charge in [0.25, 0.3) is 0 Å². The second kappa shape index (κ2) is 5.15. The molecule has 1 aromatic heterocycles. The Morgan fingerprint density at radius 3 is 2.95 bits per heavy atom. The van der Waals surface area contributed by atoms with Crippen molar-refractivity contribution in [3.63, 3.8) is 0 Å². The van der Waals surface area contributed by atoms with E-state index < -0.39 is 5.54 Å². The molecule has 2 aromatic rings. The Balaban J connectivity index is 1.75. The number of H-pyrrole nitrogens is 1. The topological polar surface area (TPSA) is 65.1 Å². The average molecular weight is 290 g/mol. The third-order valence-electron chi connectivity index (χ3n) is 4.31. The Labute approximate surface area is 122 Å². The number of halogens is 1. The molecule has 1 aromatic carbocycles. The summed E-state index contributed by atoms with van der Waals surface area (Å²) in [5, 5.41) is 13.2. The third-order valence-corrected chi connectivity index (χ3v) is 4.31. The number of nitrogens with one attached hydrogen (secondary N) is 2. The highest BCUT2D eigenvalue weighted by atomic mass is 19.1. The molecule has 1 saturated carbocycles. The Morgan fingerprint density at radius 1 is 1.52 bits per heavy atom. The second-order valence-electron chi connectivity index (χ2n) is 6.08. The van der Waals surface area contributed by atoms with Crippen LogP contribution < -0.4 is 5.32 Å². The van der Waals surface area contributed by atoms with Gasteiger partial charge in [-0.2, -0.15) is 0 Å². The number of rotatable bonds is 5. The summed E-state index contributed by atoms with van der Waals surface area (Å²) in [5.74, 6) is -0.114. The van der Waals surface area contributed by atoms with Crippen LogP contribution in [-0.4, -0.2) is 28.1 Å². The lowest BCUT2D eigenvalue weighted by Crippen LogP contribution is -2.51. The van der Waals surface area contributed by atoms with Crippen molar-refractivity contribution in [2.45, 2.75) is 31.7 Å². The molecule has 1 unspecified atom stereocenters. The van der Waals surface area contributed by atoms with Gasteiger partial charge in [0, 0.05) is 17.1 Å². The van der Waals surface area contributed by atoms with Gasteiger partial charge in [-0.1, -0.05) is 0 Å². The van der Waals surface area contributed by atoms with Gasteiger partial charge in [0.05, 0.1) is 18.6 Å². The maximum Gasteiger partial charge on any atom is 0.225 e. The van der Waals surface area contributed by atoms with Crippen LogP contribution in [0.1, 0.15) is 25.3 Å². The molecule has 1 aliphatic carbocycles. The van der Waals surface area contributed by atoms with Crippen LogP contribution in [0.5, 0.6) is 0 Å². The highest BCUT2D eigenvalue weighted by Gasteiger charge is 2.42. The van der Waals surface area contributed by atoms with Gasteiger partial charge in [-0.25, -0.2) is 4.39 Å². The minimum atomic E-state index is -0.547. The van der Waals surface area contributed by atoms with Crippen molar-refractivity contribution in [3.8, 4) is 0 Å². The lowest BCUT2D eigenvalue weighted by atomic mass is 9.96. The van der Waals surface area contributed by atoms with E-state index in [1.54, 1.807) is 12.3 Å². The molecule has 1 aliphatic rings. The largest absolute Gasteiger partial charge is 0.394 e. The number of carbonyl (C=O) groups is 1. The van der Waals surface area contributed by atoms with Gasteiger partial charge in [0.1, 0.15) is 5.82 Å². The molecule has 0 aliphatic heterocycles. The Bertz CT molecular complexity index is 678. The van der Waals surface area contributed by atoms with Crippen molar-refractivity contribution < 1.29 is 14.3 Å². The van der Waals surface area contributed by atoms with E-state index in [1.807, 2.05) is 6.92 Å². The summed E-state index contributed by atoms with van der Waals surface area (Å²) in [6.45, 7) is 1.81. The highest BCUT2D eigenvalue weighted by molar-refractivity contribution is 5.89. The minimum Gasteiger partial charge on any atom is -0.394 e. The number of aromatic nitrogens is 1. The fourth-order valence-electron chi connectivity index (χ4n) is 2.82. The van der Waals surface area contributed by atoms with Crippen molar-refractivity contribution >= 4 is 16.8 Å². The monoisotopic (exact) mass is 290 g/mol. The van der Waals surface area contributed by atoms with Gasteiger partial charge in [-0.05, 0) is 49.4 Å². The van der Waals surface area contributed by atoms with Crippen molar-refractivity contribution in [1.82, 2.24) is 10.3 Å². The van der Waals surface area contributed by atoms with Crippen molar-refractivity contribution in [1.29, 1.82) is 0 Å². The second-order valence-corrected chi connectivity index (χ2v) is 6.08. The van der Waals surface area contributed by atoms with E-state index >= 15 is 0 Å². The molecule has 1 atom stereocenters. The number of hydrogen-bond donors (Lipinski definition) is 3. The molecule has 0 spiro atoms. The fourth-order valence-corrected chi connectivity index (χ4v) is 2.82. The van der Waals surface area contributed by atoms with Gasteiger partial charge < -0.3 is 15.4 Å². The number of hydrogen-bond acceptors (Lipinski definition) is 2. The molecular formula is C16H19FN2O2. The van der Waals surface area contributed by atoms with E-state index in [1.165, 1.54) is 12.1 Å². The zero-order chi connectivity index (χ0) is 15.0. The normalized spacial score (nSPS) is 17.7. The molecule has 0 bridgehead atoms. The molecule has 112 valence electrons. The lowest BCUT2D eigenvalue weighted by molar-refractivity contribution is -0.123. The van der Waals surface area contributed by atoms with Crippen LogP contribution in [0.4, 0.5) is 4.39 Å². The van der Waals surface area contributed by atoms with Crippen molar-refractivity contribution in [3.05, 3.63) is 35.8 Å². The molecule has 1 heterocycles. The first-order chi connectivity index (χ1) is 10.0. The van der Waals surface area contributed by atoms with E-state index in [0.717, 1.165) is 29.3 Å². The number of carbonyl (C=O) groups excluding carboxylic acids is 1. The van der Waals surface area contributed by atoms with Crippen LogP contribution in [0.25, 0.3) is 10.9 Å². The molecule has 3 N–H and O–H groups in total. The first kappa shape index (κ1) is 14.1. The summed E-state index contributed by atoms with van der Waals surface area (Å²) in [6, 6.07) is 4.48. The first-order valence-electron chi connectivity index (χ1n) is 7.19. The standard InChI is InChI=1S/C16H19FN2O2/c1-16(9-20,11-2-3-11)19-15(21)6-10-8-18-14-5-4-12(17)7-13(10)14/h4-5,7-8,11,18,20H,2-3,6,9H2,1H3,(H,19,21). The van der Waals surface area contributed by atoms with E-state index in [0.29, 0.717) is 5.92 Å². The smallest absolute Gasteiger partial charge is 0.225 e. The van der Waals surface area contributed by atoms with E-state index in [2.05, 4.69) is 10.3 Å². The summed E-state index contributed by atoms with van der Waals surface area (Å²) in [4.78, 5) is 15.3. The maximum absolute atomic E-state index is 13.3. The molecule has 4 nitrogen and oxygen atoms in total. The van der Waals surface area contributed by atoms with E-state index in [9.17, 15) is 14.3 Å².